The highest BCUT2D eigenvalue weighted by Crippen LogP contribution is 2.20. The van der Waals surface area contributed by atoms with E-state index in [0.29, 0.717) is 11.3 Å². The van der Waals surface area contributed by atoms with Crippen LogP contribution in [0.5, 0.6) is 0 Å². The van der Waals surface area contributed by atoms with E-state index in [1.165, 1.54) is 12.5 Å². The molecule has 0 radical (unpaired) electrons. The molecule has 1 aromatic carbocycles. The van der Waals surface area contributed by atoms with E-state index in [0.717, 1.165) is 5.56 Å². The number of imidazole rings is 1. The molecule has 0 fully saturated rings. The lowest BCUT2D eigenvalue weighted by molar-refractivity contribution is 0.598. The van der Waals surface area contributed by atoms with Crippen LogP contribution in [-0.4, -0.2) is 24.5 Å². The third-order valence-electron chi connectivity index (χ3n) is 2.70. The molecule has 0 aliphatic heterocycles. The lowest BCUT2D eigenvalue weighted by Gasteiger charge is -2.09. The SMILES string of the molecule is Cc1ccc(NS(=O)(=O)c2cn(C)cn2)c(C#CCN)c1. The highest BCUT2D eigenvalue weighted by Gasteiger charge is 2.18. The quantitative estimate of drug-likeness (QED) is 0.822. The largest absolute Gasteiger partial charge is 0.339 e. The van der Waals surface area contributed by atoms with Gasteiger partial charge in [0.15, 0.2) is 5.03 Å². The van der Waals surface area contributed by atoms with Crippen LogP contribution >= 0.6 is 0 Å². The summed E-state index contributed by atoms with van der Waals surface area (Å²) in [6.45, 7) is 2.12. The van der Waals surface area contributed by atoms with Crippen LogP contribution in [0.4, 0.5) is 5.69 Å². The van der Waals surface area contributed by atoms with Gasteiger partial charge in [-0.1, -0.05) is 17.9 Å². The lowest BCUT2D eigenvalue weighted by Crippen LogP contribution is -2.14. The minimum atomic E-state index is -3.73. The Hall–Kier alpha value is -2.30. The molecule has 0 spiro atoms. The minimum absolute atomic E-state index is 0.0386. The predicted molar refractivity (Wildman–Crippen MR) is 81.1 cm³/mol. The molecular weight excluding hydrogens is 288 g/mol. The van der Waals surface area contributed by atoms with Crippen molar-refractivity contribution in [2.45, 2.75) is 11.9 Å². The molecule has 6 nitrogen and oxygen atoms in total. The first-order chi connectivity index (χ1) is 9.92. The van der Waals surface area contributed by atoms with Crippen LogP contribution in [0.15, 0.2) is 35.7 Å². The first kappa shape index (κ1) is 15.1. The standard InChI is InChI=1S/C14H16N4O2S/c1-11-5-6-13(12(8-11)4-3-7-15)17-21(19,20)14-9-18(2)10-16-14/h5-6,8-10,17H,7,15H2,1-2H3. The van der Waals surface area contributed by atoms with Gasteiger partial charge in [-0.15, -0.1) is 0 Å². The summed E-state index contributed by atoms with van der Waals surface area (Å²) < 4.78 is 28.6. The van der Waals surface area contributed by atoms with Crippen molar-refractivity contribution in [2.24, 2.45) is 12.8 Å². The molecule has 0 atom stereocenters. The van der Waals surface area contributed by atoms with Crippen LogP contribution < -0.4 is 10.5 Å². The normalized spacial score (nSPS) is 10.8. The zero-order chi connectivity index (χ0) is 15.5. The average Bonchev–Trinajstić information content (AvgIpc) is 2.86. The van der Waals surface area contributed by atoms with E-state index in [1.807, 2.05) is 13.0 Å². The zero-order valence-corrected chi connectivity index (χ0v) is 12.6. The molecular formula is C14H16N4O2S. The van der Waals surface area contributed by atoms with E-state index in [1.54, 1.807) is 23.7 Å². The van der Waals surface area contributed by atoms with Gasteiger partial charge in [0.25, 0.3) is 10.0 Å². The third kappa shape index (κ3) is 3.62. The number of nitrogens with one attached hydrogen (secondary N) is 1. The third-order valence-corrected chi connectivity index (χ3v) is 3.95. The van der Waals surface area contributed by atoms with E-state index < -0.39 is 10.0 Å². The number of benzene rings is 1. The summed E-state index contributed by atoms with van der Waals surface area (Å²) in [6.07, 6.45) is 2.86. The van der Waals surface area contributed by atoms with Gasteiger partial charge < -0.3 is 10.3 Å². The Morgan fingerprint density at radius 3 is 2.81 bits per heavy atom. The van der Waals surface area contributed by atoms with Gasteiger partial charge in [-0.3, -0.25) is 4.72 Å². The van der Waals surface area contributed by atoms with Crippen molar-refractivity contribution >= 4 is 15.7 Å². The smallest absolute Gasteiger partial charge is 0.280 e. The summed E-state index contributed by atoms with van der Waals surface area (Å²) in [6, 6.07) is 5.29. The summed E-state index contributed by atoms with van der Waals surface area (Å²) in [4.78, 5) is 3.85. The minimum Gasteiger partial charge on any atom is -0.339 e. The summed E-state index contributed by atoms with van der Waals surface area (Å²) in [5.74, 6) is 5.59. The molecule has 7 heteroatoms. The van der Waals surface area contributed by atoms with Crippen molar-refractivity contribution < 1.29 is 8.42 Å². The maximum absolute atomic E-state index is 12.3. The molecule has 0 amide bonds. The summed E-state index contributed by atoms with van der Waals surface area (Å²) in [5.41, 5.74) is 7.34. The highest BCUT2D eigenvalue weighted by molar-refractivity contribution is 7.92. The molecule has 0 aliphatic carbocycles. The Morgan fingerprint density at radius 1 is 1.43 bits per heavy atom. The number of sulfonamides is 1. The summed E-state index contributed by atoms with van der Waals surface area (Å²) >= 11 is 0. The van der Waals surface area contributed by atoms with Gasteiger partial charge in [-0.2, -0.15) is 8.42 Å². The number of anilines is 1. The first-order valence-electron chi connectivity index (χ1n) is 6.23. The van der Waals surface area contributed by atoms with Crippen molar-refractivity contribution in [1.29, 1.82) is 0 Å². The summed E-state index contributed by atoms with van der Waals surface area (Å²) in [7, 11) is -2.03. The number of hydrogen-bond acceptors (Lipinski definition) is 4. The first-order valence-corrected chi connectivity index (χ1v) is 7.71. The van der Waals surface area contributed by atoms with Crippen LogP contribution in [0.2, 0.25) is 0 Å². The van der Waals surface area contributed by atoms with Gasteiger partial charge in [-0.05, 0) is 24.6 Å². The zero-order valence-electron chi connectivity index (χ0n) is 11.8. The Labute approximate surface area is 124 Å². The molecule has 110 valence electrons. The Balaban J connectivity index is 2.39. The Morgan fingerprint density at radius 2 is 2.19 bits per heavy atom. The lowest BCUT2D eigenvalue weighted by atomic mass is 10.1. The van der Waals surface area contributed by atoms with Crippen LogP contribution in [0.3, 0.4) is 0 Å². The summed E-state index contributed by atoms with van der Waals surface area (Å²) in [5, 5.41) is -0.0386. The average molecular weight is 304 g/mol. The maximum Gasteiger partial charge on any atom is 0.280 e. The monoisotopic (exact) mass is 304 g/mol. The second-order valence-electron chi connectivity index (χ2n) is 4.54. The predicted octanol–water partition coefficient (Wildman–Crippen LogP) is 0.840. The van der Waals surface area contributed by atoms with Crippen molar-refractivity contribution in [3.05, 3.63) is 41.9 Å². The molecule has 0 saturated carbocycles. The van der Waals surface area contributed by atoms with Crippen molar-refractivity contribution in [2.75, 3.05) is 11.3 Å². The van der Waals surface area contributed by atoms with Crippen molar-refractivity contribution in [1.82, 2.24) is 9.55 Å². The number of hydrogen-bond donors (Lipinski definition) is 2. The molecule has 21 heavy (non-hydrogen) atoms. The Kier molecular flexibility index (Phi) is 4.31. The molecule has 0 bridgehead atoms. The van der Waals surface area contributed by atoms with Gasteiger partial charge >= 0.3 is 0 Å². The van der Waals surface area contributed by atoms with E-state index in [9.17, 15) is 8.42 Å². The van der Waals surface area contributed by atoms with Gasteiger partial charge in [0.1, 0.15) is 0 Å². The van der Waals surface area contributed by atoms with Gasteiger partial charge in [-0.25, -0.2) is 4.98 Å². The fourth-order valence-corrected chi connectivity index (χ4v) is 2.78. The number of aromatic nitrogens is 2. The van der Waals surface area contributed by atoms with Crippen LogP contribution in [0.25, 0.3) is 0 Å². The highest BCUT2D eigenvalue weighted by atomic mass is 32.2. The molecule has 3 N–H and O–H groups in total. The number of nitrogens with zero attached hydrogens (tertiary/aromatic N) is 2. The van der Waals surface area contributed by atoms with Crippen LogP contribution in [-0.2, 0) is 17.1 Å². The van der Waals surface area contributed by atoms with Crippen LogP contribution in [0.1, 0.15) is 11.1 Å². The molecule has 1 aromatic heterocycles. The molecule has 0 unspecified atom stereocenters. The van der Waals surface area contributed by atoms with Gasteiger partial charge in [0.2, 0.25) is 0 Å². The molecule has 0 saturated heterocycles. The van der Waals surface area contributed by atoms with E-state index in [-0.39, 0.29) is 11.6 Å². The number of rotatable bonds is 3. The molecule has 0 aliphatic rings. The van der Waals surface area contributed by atoms with Crippen LogP contribution in [0, 0.1) is 18.8 Å². The number of aryl methyl sites for hydroxylation is 2. The van der Waals surface area contributed by atoms with Gasteiger partial charge in [0.05, 0.1) is 18.6 Å². The van der Waals surface area contributed by atoms with E-state index >= 15 is 0 Å². The van der Waals surface area contributed by atoms with E-state index in [2.05, 4.69) is 21.5 Å². The fourth-order valence-electron chi connectivity index (χ4n) is 1.72. The maximum atomic E-state index is 12.3. The second kappa shape index (κ2) is 5.99. The van der Waals surface area contributed by atoms with Gasteiger partial charge in [0, 0.05) is 18.8 Å². The Bertz CT molecular complexity index is 813. The fraction of sp³-hybridized carbons (Fsp3) is 0.214. The van der Waals surface area contributed by atoms with E-state index in [4.69, 9.17) is 5.73 Å². The topological polar surface area (TPSA) is 90.0 Å². The van der Waals surface area contributed by atoms with Crippen molar-refractivity contribution in [3.63, 3.8) is 0 Å². The molecule has 2 rings (SSSR count). The molecule has 2 aromatic rings. The number of nitrogens with two attached hydrogens (primary N) is 1. The van der Waals surface area contributed by atoms with Crippen molar-refractivity contribution in [3.8, 4) is 11.8 Å². The molecule has 1 heterocycles. The second-order valence-corrected chi connectivity index (χ2v) is 6.17.